The van der Waals surface area contributed by atoms with Gasteiger partial charge in [-0.3, -0.25) is 0 Å². The Labute approximate surface area is 124 Å². The van der Waals surface area contributed by atoms with E-state index in [2.05, 4.69) is 5.29 Å². The molecule has 0 saturated carbocycles. The number of rotatable bonds is 6. The van der Waals surface area contributed by atoms with Crippen LogP contribution in [0.2, 0.25) is 0 Å². The van der Waals surface area contributed by atoms with Gasteiger partial charge in [0.25, 0.3) is 0 Å². The Morgan fingerprint density at radius 2 is 1.81 bits per heavy atom. The standard InChI is InChI=1S/C17H18N2O2/c1-3-19(18-20)17-7-5-4-6-15(17)11-8-14-9-12-16(21-2)13-10-14/h4-13H,3H2,1-2H3/b11-8+. The van der Waals surface area contributed by atoms with E-state index in [1.165, 1.54) is 5.01 Å². The van der Waals surface area contributed by atoms with Crippen molar-refractivity contribution in [3.8, 4) is 5.75 Å². The number of nitrogens with zero attached hydrogens (tertiary/aromatic N) is 2. The molecule has 0 saturated heterocycles. The van der Waals surface area contributed by atoms with E-state index >= 15 is 0 Å². The molecule has 0 fully saturated rings. The number of benzene rings is 2. The Kier molecular flexibility index (Phi) is 5.10. The zero-order chi connectivity index (χ0) is 15.1. The van der Waals surface area contributed by atoms with Crippen LogP contribution in [-0.4, -0.2) is 13.7 Å². The Balaban J connectivity index is 2.25. The number of methoxy groups -OCH3 is 1. The first-order valence-electron chi connectivity index (χ1n) is 6.80. The zero-order valence-corrected chi connectivity index (χ0v) is 12.2. The smallest absolute Gasteiger partial charge is 0.118 e. The van der Waals surface area contributed by atoms with Crippen LogP contribution in [0.4, 0.5) is 5.69 Å². The van der Waals surface area contributed by atoms with E-state index in [1.54, 1.807) is 7.11 Å². The first-order valence-corrected chi connectivity index (χ1v) is 6.80. The van der Waals surface area contributed by atoms with Crippen LogP contribution in [0.15, 0.2) is 53.8 Å². The number of hydrogen-bond acceptors (Lipinski definition) is 3. The molecule has 2 rings (SSSR count). The molecule has 0 bridgehead atoms. The summed E-state index contributed by atoms with van der Waals surface area (Å²) in [6.45, 7) is 2.43. The fraction of sp³-hybridized carbons (Fsp3) is 0.176. The molecular weight excluding hydrogens is 264 g/mol. The Bertz CT molecular complexity index is 621. The number of para-hydroxylation sites is 1. The van der Waals surface area contributed by atoms with E-state index in [0.29, 0.717) is 6.54 Å². The van der Waals surface area contributed by atoms with Crippen molar-refractivity contribution in [2.24, 2.45) is 5.29 Å². The van der Waals surface area contributed by atoms with E-state index in [9.17, 15) is 4.91 Å². The molecular formula is C17H18N2O2. The Hall–Kier alpha value is -2.62. The average Bonchev–Trinajstić information content (AvgIpc) is 2.55. The summed E-state index contributed by atoms with van der Waals surface area (Å²) in [6, 6.07) is 15.5. The van der Waals surface area contributed by atoms with Gasteiger partial charge in [-0.15, -0.1) is 4.91 Å². The minimum atomic E-state index is 0.539. The minimum absolute atomic E-state index is 0.539. The molecule has 2 aromatic rings. The van der Waals surface area contributed by atoms with Gasteiger partial charge < -0.3 is 4.74 Å². The summed E-state index contributed by atoms with van der Waals surface area (Å²) < 4.78 is 5.13. The van der Waals surface area contributed by atoms with E-state index in [4.69, 9.17) is 4.74 Å². The first-order chi connectivity index (χ1) is 10.3. The second kappa shape index (κ2) is 7.24. The van der Waals surface area contributed by atoms with Gasteiger partial charge in [0.1, 0.15) is 5.75 Å². The van der Waals surface area contributed by atoms with Gasteiger partial charge >= 0.3 is 0 Å². The third-order valence-electron chi connectivity index (χ3n) is 3.18. The topological polar surface area (TPSA) is 41.9 Å². The van der Waals surface area contributed by atoms with E-state index < -0.39 is 0 Å². The van der Waals surface area contributed by atoms with Gasteiger partial charge in [0, 0.05) is 6.54 Å². The van der Waals surface area contributed by atoms with Crippen LogP contribution in [0.25, 0.3) is 12.2 Å². The lowest BCUT2D eigenvalue weighted by Crippen LogP contribution is -2.14. The first kappa shape index (κ1) is 14.8. The molecule has 0 aliphatic carbocycles. The molecule has 2 aromatic carbocycles. The van der Waals surface area contributed by atoms with Crippen LogP contribution in [0.1, 0.15) is 18.1 Å². The number of anilines is 1. The molecule has 21 heavy (non-hydrogen) atoms. The van der Waals surface area contributed by atoms with Crippen molar-refractivity contribution in [1.29, 1.82) is 0 Å². The Morgan fingerprint density at radius 3 is 2.43 bits per heavy atom. The SMILES string of the molecule is CCN(N=O)c1ccccc1/C=C/c1ccc(OC)cc1. The van der Waals surface area contributed by atoms with E-state index in [0.717, 1.165) is 22.6 Å². The second-order valence-corrected chi connectivity index (χ2v) is 4.46. The normalized spacial score (nSPS) is 10.6. The highest BCUT2D eigenvalue weighted by atomic mass is 16.5. The highest BCUT2D eigenvalue weighted by Gasteiger charge is 2.07. The van der Waals surface area contributed by atoms with Crippen LogP contribution in [0.5, 0.6) is 5.75 Å². The lowest BCUT2D eigenvalue weighted by atomic mass is 10.1. The van der Waals surface area contributed by atoms with Crippen molar-refractivity contribution in [3.63, 3.8) is 0 Å². The Morgan fingerprint density at radius 1 is 1.10 bits per heavy atom. The lowest BCUT2D eigenvalue weighted by molar-refractivity contribution is 0.415. The molecule has 108 valence electrons. The average molecular weight is 282 g/mol. The summed E-state index contributed by atoms with van der Waals surface area (Å²) in [4.78, 5) is 10.9. The molecule has 0 aliphatic rings. The van der Waals surface area contributed by atoms with Crippen LogP contribution >= 0.6 is 0 Å². The van der Waals surface area contributed by atoms with Crippen LogP contribution in [0.3, 0.4) is 0 Å². The molecule has 4 heteroatoms. The van der Waals surface area contributed by atoms with Gasteiger partial charge in [-0.1, -0.05) is 42.5 Å². The predicted molar refractivity (Wildman–Crippen MR) is 87.2 cm³/mol. The number of nitroso groups, excluding NO2 is 1. The summed E-state index contributed by atoms with van der Waals surface area (Å²) in [6.07, 6.45) is 3.97. The van der Waals surface area contributed by atoms with Crippen molar-refractivity contribution >= 4 is 17.8 Å². The maximum Gasteiger partial charge on any atom is 0.118 e. The van der Waals surface area contributed by atoms with Gasteiger partial charge in [0.05, 0.1) is 18.1 Å². The van der Waals surface area contributed by atoms with Crippen molar-refractivity contribution in [2.75, 3.05) is 18.7 Å². The fourth-order valence-corrected chi connectivity index (χ4v) is 2.04. The maximum atomic E-state index is 10.9. The summed E-state index contributed by atoms with van der Waals surface area (Å²) in [7, 11) is 1.65. The fourth-order valence-electron chi connectivity index (χ4n) is 2.04. The quantitative estimate of drug-likeness (QED) is 0.449. The highest BCUT2D eigenvalue weighted by molar-refractivity contribution is 5.77. The van der Waals surface area contributed by atoms with Crippen LogP contribution < -0.4 is 9.75 Å². The van der Waals surface area contributed by atoms with Gasteiger partial charge in [0.2, 0.25) is 0 Å². The van der Waals surface area contributed by atoms with E-state index in [-0.39, 0.29) is 0 Å². The molecule has 0 spiro atoms. The molecule has 0 amide bonds. The molecule has 0 N–H and O–H groups in total. The van der Waals surface area contributed by atoms with Gasteiger partial charge in [-0.05, 0) is 36.2 Å². The highest BCUT2D eigenvalue weighted by Crippen LogP contribution is 2.23. The third kappa shape index (κ3) is 3.69. The van der Waals surface area contributed by atoms with Crippen molar-refractivity contribution in [1.82, 2.24) is 0 Å². The predicted octanol–water partition coefficient (Wildman–Crippen LogP) is 4.37. The van der Waals surface area contributed by atoms with Crippen molar-refractivity contribution in [2.45, 2.75) is 6.92 Å². The number of ether oxygens (including phenoxy) is 1. The zero-order valence-electron chi connectivity index (χ0n) is 12.2. The third-order valence-corrected chi connectivity index (χ3v) is 3.18. The lowest BCUT2D eigenvalue weighted by Gasteiger charge is -2.15. The largest absolute Gasteiger partial charge is 0.497 e. The summed E-state index contributed by atoms with van der Waals surface area (Å²) >= 11 is 0. The molecule has 0 unspecified atom stereocenters. The molecule has 0 aliphatic heterocycles. The summed E-state index contributed by atoms with van der Waals surface area (Å²) in [5.74, 6) is 0.829. The maximum absolute atomic E-state index is 10.9. The summed E-state index contributed by atoms with van der Waals surface area (Å²) in [5, 5.41) is 4.49. The van der Waals surface area contributed by atoms with E-state index in [1.807, 2.05) is 67.6 Å². The molecule has 0 atom stereocenters. The second-order valence-electron chi connectivity index (χ2n) is 4.46. The van der Waals surface area contributed by atoms with Crippen LogP contribution in [0, 0.1) is 4.91 Å². The van der Waals surface area contributed by atoms with Gasteiger partial charge in [-0.25, -0.2) is 5.01 Å². The van der Waals surface area contributed by atoms with Gasteiger partial charge in [0.15, 0.2) is 0 Å². The van der Waals surface area contributed by atoms with Crippen LogP contribution in [-0.2, 0) is 0 Å². The van der Waals surface area contributed by atoms with Crippen molar-refractivity contribution in [3.05, 3.63) is 64.6 Å². The molecule has 4 nitrogen and oxygen atoms in total. The van der Waals surface area contributed by atoms with Crippen molar-refractivity contribution < 1.29 is 4.74 Å². The minimum Gasteiger partial charge on any atom is -0.497 e. The summed E-state index contributed by atoms with van der Waals surface area (Å²) in [5.41, 5.74) is 2.82. The van der Waals surface area contributed by atoms with Gasteiger partial charge in [-0.2, -0.15) is 0 Å². The molecule has 0 heterocycles. The monoisotopic (exact) mass is 282 g/mol. The number of hydrogen-bond donors (Lipinski definition) is 0. The molecule has 0 aromatic heterocycles. The molecule has 0 radical (unpaired) electrons.